The van der Waals surface area contributed by atoms with Crippen molar-refractivity contribution in [3.05, 3.63) is 70.1 Å². The largest absolute Gasteiger partial charge is 0.459 e. The summed E-state index contributed by atoms with van der Waals surface area (Å²) < 4.78 is 5.77. The van der Waals surface area contributed by atoms with Gasteiger partial charge in [0.2, 0.25) is 5.91 Å². The van der Waals surface area contributed by atoms with E-state index in [4.69, 9.17) is 16.0 Å². The van der Waals surface area contributed by atoms with E-state index in [1.807, 2.05) is 44.2 Å². The molecule has 3 aromatic rings. The summed E-state index contributed by atoms with van der Waals surface area (Å²) in [6, 6.07) is 15.1. The number of nitriles is 1. The molecular formula is C21H18ClN3O2S. The first-order chi connectivity index (χ1) is 13.5. The number of hydrogen-bond donors (Lipinski definition) is 1. The number of halogens is 1. The van der Waals surface area contributed by atoms with E-state index in [0.717, 1.165) is 16.8 Å². The highest BCUT2D eigenvalue weighted by Gasteiger charge is 2.12. The number of hydrogen-bond acceptors (Lipinski definition) is 5. The highest BCUT2D eigenvalue weighted by Crippen LogP contribution is 2.25. The van der Waals surface area contributed by atoms with Gasteiger partial charge in [0, 0.05) is 16.3 Å². The number of carbonyl (C=O) groups is 1. The summed E-state index contributed by atoms with van der Waals surface area (Å²) in [6.07, 6.45) is 0. The molecule has 0 fully saturated rings. The summed E-state index contributed by atoms with van der Waals surface area (Å²) in [5, 5.41) is 13.4. The molecule has 0 unspecified atom stereocenters. The van der Waals surface area contributed by atoms with Crippen LogP contribution in [0.2, 0.25) is 5.02 Å². The van der Waals surface area contributed by atoms with E-state index in [1.54, 1.807) is 12.1 Å². The van der Waals surface area contributed by atoms with Crippen molar-refractivity contribution < 1.29 is 9.21 Å². The van der Waals surface area contributed by atoms with Crippen LogP contribution in [0.3, 0.4) is 0 Å². The van der Waals surface area contributed by atoms with Crippen molar-refractivity contribution in [2.45, 2.75) is 25.4 Å². The van der Waals surface area contributed by atoms with Crippen molar-refractivity contribution in [3.63, 3.8) is 0 Å². The first-order valence-corrected chi connectivity index (χ1v) is 9.95. The van der Waals surface area contributed by atoms with Gasteiger partial charge in [-0.1, -0.05) is 23.4 Å². The van der Waals surface area contributed by atoms with E-state index < -0.39 is 0 Å². The topological polar surface area (TPSA) is 78.9 Å². The SMILES string of the molecule is Cc1cc(C)c(C#N)c(SCC(=O)NCc2ccc(-c3ccc(Cl)cc3)o2)n1. The molecular weight excluding hydrogens is 394 g/mol. The van der Waals surface area contributed by atoms with Crippen LogP contribution < -0.4 is 5.32 Å². The Balaban J connectivity index is 1.56. The number of nitrogens with one attached hydrogen (secondary N) is 1. The second-order valence-electron chi connectivity index (χ2n) is 6.21. The lowest BCUT2D eigenvalue weighted by Gasteiger charge is -2.07. The lowest BCUT2D eigenvalue weighted by Crippen LogP contribution is -2.24. The summed E-state index contributed by atoms with van der Waals surface area (Å²) in [6.45, 7) is 4.03. The Kier molecular flexibility index (Phi) is 6.40. The van der Waals surface area contributed by atoms with Gasteiger partial charge in [-0.05, 0) is 61.9 Å². The van der Waals surface area contributed by atoms with E-state index >= 15 is 0 Å². The standard InChI is InChI=1S/C21H18ClN3O2S/c1-13-9-14(2)25-21(18(13)10-23)28-12-20(26)24-11-17-7-8-19(27-17)15-3-5-16(22)6-4-15/h3-9H,11-12H2,1-2H3,(H,24,26). The second-order valence-corrected chi connectivity index (χ2v) is 7.61. The monoisotopic (exact) mass is 411 g/mol. The zero-order valence-corrected chi connectivity index (χ0v) is 17.0. The van der Waals surface area contributed by atoms with Crippen LogP contribution in [0.5, 0.6) is 0 Å². The minimum atomic E-state index is -0.153. The number of nitrogens with zero attached hydrogens (tertiary/aromatic N) is 2. The second kappa shape index (κ2) is 8.96. The molecule has 0 aliphatic carbocycles. The lowest BCUT2D eigenvalue weighted by molar-refractivity contribution is -0.118. The highest BCUT2D eigenvalue weighted by molar-refractivity contribution is 8.00. The predicted octanol–water partition coefficient (Wildman–Crippen LogP) is 4.89. The zero-order valence-electron chi connectivity index (χ0n) is 15.5. The molecule has 3 rings (SSSR count). The van der Waals surface area contributed by atoms with Crippen molar-refractivity contribution in [3.8, 4) is 17.4 Å². The van der Waals surface area contributed by atoms with Crippen molar-refractivity contribution in [2.75, 3.05) is 5.75 Å². The molecule has 5 nitrogen and oxygen atoms in total. The molecule has 1 aromatic carbocycles. The van der Waals surface area contributed by atoms with Gasteiger partial charge in [0.05, 0.1) is 17.9 Å². The fraction of sp³-hybridized carbons (Fsp3) is 0.190. The van der Waals surface area contributed by atoms with Crippen molar-refractivity contribution in [1.29, 1.82) is 5.26 Å². The van der Waals surface area contributed by atoms with E-state index in [0.29, 0.717) is 33.7 Å². The van der Waals surface area contributed by atoms with Gasteiger partial charge in [-0.25, -0.2) is 4.98 Å². The van der Waals surface area contributed by atoms with Crippen LogP contribution in [0.25, 0.3) is 11.3 Å². The summed E-state index contributed by atoms with van der Waals surface area (Å²) in [7, 11) is 0. The molecule has 1 amide bonds. The minimum absolute atomic E-state index is 0.153. The fourth-order valence-electron chi connectivity index (χ4n) is 2.66. The molecule has 0 saturated heterocycles. The lowest BCUT2D eigenvalue weighted by atomic mass is 10.1. The van der Waals surface area contributed by atoms with Crippen molar-refractivity contribution in [1.82, 2.24) is 10.3 Å². The third kappa shape index (κ3) is 4.94. The van der Waals surface area contributed by atoms with Crippen LogP contribution in [-0.4, -0.2) is 16.6 Å². The van der Waals surface area contributed by atoms with Crippen molar-refractivity contribution >= 4 is 29.3 Å². The summed E-state index contributed by atoms with van der Waals surface area (Å²) in [4.78, 5) is 16.5. The summed E-state index contributed by atoms with van der Waals surface area (Å²) >= 11 is 7.15. The van der Waals surface area contributed by atoms with Crippen LogP contribution >= 0.6 is 23.4 Å². The van der Waals surface area contributed by atoms with E-state index in [2.05, 4.69) is 16.4 Å². The van der Waals surface area contributed by atoms with Crippen LogP contribution in [-0.2, 0) is 11.3 Å². The van der Waals surface area contributed by atoms with Gasteiger partial charge >= 0.3 is 0 Å². The zero-order chi connectivity index (χ0) is 20.1. The van der Waals surface area contributed by atoms with E-state index in [9.17, 15) is 10.1 Å². The summed E-state index contributed by atoms with van der Waals surface area (Å²) in [5.74, 6) is 1.40. The van der Waals surface area contributed by atoms with Crippen LogP contribution in [0.4, 0.5) is 0 Å². The molecule has 0 spiro atoms. The molecule has 0 aliphatic rings. The molecule has 0 radical (unpaired) electrons. The first kappa shape index (κ1) is 20.0. The number of pyridine rings is 1. The molecule has 0 saturated carbocycles. The normalized spacial score (nSPS) is 10.5. The summed E-state index contributed by atoms with van der Waals surface area (Å²) in [5.41, 5.74) is 3.12. The van der Waals surface area contributed by atoms with Crippen LogP contribution in [0.15, 0.2) is 51.9 Å². The maximum absolute atomic E-state index is 12.2. The first-order valence-electron chi connectivity index (χ1n) is 8.59. The quantitative estimate of drug-likeness (QED) is 0.584. The Labute approximate surface area is 172 Å². The van der Waals surface area contributed by atoms with Crippen molar-refractivity contribution in [2.24, 2.45) is 0 Å². The van der Waals surface area contributed by atoms with Crippen LogP contribution in [0.1, 0.15) is 22.6 Å². The number of thioether (sulfide) groups is 1. The predicted molar refractivity (Wildman–Crippen MR) is 110 cm³/mol. The number of aromatic nitrogens is 1. The smallest absolute Gasteiger partial charge is 0.230 e. The van der Waals surface area contributed by atoms with Gasteiger partial charge in [0.15, 0.2) is 0 Å². The Morgan fingerprint density at radius 2 is 2.00 bits per heavy atom. The molecule has 0 aliphatic heterocycles. The fourth-order valence-corrected chi connectivity index (χ4v) is 3.71. The maximum Gasteiger partial charge on any atom is 0.230 e. The number of carbonyl (C=O) groups excluding carboxylic acids is 1. The van der Waals surface area contributed by atoms with Gasteiger partial charge < -0.3 is 9.73 Å². The van der Waals surface area contributed by atoms with Gasteiger partial charge in [0.1, 0.15) is 22.6 Å². The van der Waals surface area contributed by atoms with Gasteiger partial charge in [-0.2, -0.15) is 5.26 Å². The van der Waals surface area contributed by atoms with Gasteiger partial charge in [-0.3, -0.25) is 4.79 Å². The third-order valence-electron chi connectivity index (χ3n) is 4.01. The molecule has 28 heavy (non-hydrogen) atoms. The molecule has 7 heteroatoms. The maximum atomic E-state index is 12.2. The Morgan fingerprint density at radius 3 is 2.71 bits per heavy atom. The van der Waals surface area contributed by atoms with Gasteiger partial charge in [0.25, 0.3) is 0 Å². The third-order valence-corrected chi connectivity index (χ3v) is 5.24. The van der Waals surface area contributed by atoms with E-state index in [1.165, 1.54) is 11.8 Å². The number of aryl methyl sites for hydroxylation is 2. The molecule has 1 N–H and O–H groups in total. The van der Waals surface area contributed by atoms with E-state index in [-0.39, 0.29) is 11.7 Å². The number of amides is 1. The molecule has 0 bridgehead atoms. The molecule has 2 aromatic heterocycles. The average Bonchev–Trinajstić information content (AvgIpc) is 3.14. The molecule has 2 heterocycles. The molecule has 142 valence electrons. The Bertz CT molecular complexity index is 1040. The number of benzene rings is 1. The Morgan fingerprint density at radius 1 is 1.25 bits per heavy atom. The highest BCUT2D eigenvalue weighted by atomic mass is 35.5. The Hall–Kier alpha value is -2.75. The number of furan rings is 1. The van der Waals surface area contributed by atoms with Crippen LogP contribution in [0, 0.1) is 25.2 Å². The van der Waals surface area contributed by atoms with Gasteiger partial charge in [-0.15, -0.1) is 0 Å². The average molecular weight is 412 g/mol. The minimum Gasteiger partial charge on any atom is -0.459 e. The molecule has 0 atom stereocenters. The number of rotatable bonds is 6.